The van der Waals surface area contributed by atoms with Crippen LogP contribution in [0.25, 0.3) is 5.69 Å². The molecule has 122 valence electrons. The number of para-hydroxylation sites is 1. The molecule has 3 rings (SSSR count). The van der Waals surface area contributed by atoms with E-state index in [2.05, 4.69) is 5.32 Å². The lowest BCUT2D eigenvalue weighted by Gasteiger charge is -2.07. The summed E-state index contributed by atoms with van der Waals surface area (Å²) in [5.74, 6) is 0. The van der Waals surface area contributed by atoms with Crippen LogP contribution < -0.4 is 10.9 Å². The molecule has 0 radical (unpaired) electrons. The first-order chi connectivity index (χ1) is 11.5. The number of aromatic nitrogens is 2. The van der Waals surface area contributed by atoms with E-state index >= 15 is 0 Å². The van der Waals surface area contributed by atoms with Gasteiger partial charge in [-0.15, -0.1) is 0 Å². The van der Waals surface area contributed by atoms with Gasteiger partial charge in [0.25, 0.3) is 11.2 Å². The first kappa shape index (κ1) is 15.5. The Morgan fingerprint density at radius 2 is 1.67 bits per heavy atom. The number of non-ortho nitro benzene ring substituents is 1. The molecule has 0 atom stereocenters. The summed E-state index contributed by atoms with van der Waals surface area (Å²) in [5, 5.41) is 13.8. The minimum Gasteiger partial charge on any atom is -0.349 e. The molecule has 0 fully saturated rings. The molecule has 1 heterocycles. The van der Waals surface area contributed by atoms with E-state index in [4.69, 9.17) is 0 Å². The van der Waals surface area contributed by atoms with Crippen molar-refractivity contribution in [2.75, 3.05) is 5.32 Å². The highest BCUT2D eigenvalue weighted by atomic mass is 16.6. The van der Waals surface area contributed by atoms with Gasteiger partial charge in [-0.2, -0.15) is 0 Å². The molecule has 0 amide bonds. The van der Waals surface area contributed by atoms with Gasteiger partial charge in [0, 0.05) is 24.9 Å². The van der Waals surface area contributed by atoms with Crippen molar-refractivity contribution >= 4 is 17.1 Å². The van der Waals surface area contributed by atoms with Gasteiger partial charge in [0.2, 0.25) is 0 Å². The lowest BCUT2D eigenvalue weighted by molar-refractivity contribution is -0.384. The predicted octanol–water partition coefficient (Wildman–Crippen LogP) is 3.14. The first-order valence-corrected chi connectivity index (χ1v) is 7.34. The van der Waals surface area contributed by atoms with Crippen molar-refractivity contribution in [1.82, 2.24) is 9.36 Å². The summed E-state index contributed by atoms with van der Waals surface area (Å²) in [6.45, 7) is 1.84. The summed E-state index contributed by atoms with van der Waals surface area (Å²) in [6.07, 6.45) is 0. The molecule has 7 nitrogen and oxygen atoms in total. The molecule has 0 unspecified atom stereocenters. The van der Waals surface area contributed by atoms with E-state index in [1.54, 1.807) is 21.5 Å². The molecule has 1 N–H and O–H groups in total. The Hall–Kier alpha value is -3.35. The molecule has 0 saturated heterocycles. The number of anilines is 2. The normalized spacial score (nSPS) is 10.6. The molecule has 3 aromatic rings. The van der Waals surface area contributed by atoms with Gasteiger partial charge >= 0.3 is 0 Å². The fourth-order valence-corrected chi connectivity index (χ4v) is 2.52. The van der Waals surface area contributed by atoms with E-state index in [1.165, 1.54) is 12.1 Å². The predicted molar refractivity (Wildman–Crippen MR) is 92.1 cm³/mol. The Labute approximate surface area is 137 Å². The number of nitro benzene ring substituents is 1. The van der Waals surface area contributed by atoms with Gasteiger partial charge in [0.1, 0.15) is 5.69 Å². The molecule has 1 aromatic heterocycles. The van der Waals surface area contributed by atoms with E-state index in [1.807, 2.05) is 44.3 Å². The lowest BCUT2D eigenvalue weighted by atomic mass is 10.2. The van der Waals surface area contributed by atoms with E-state index in [-0.39, 0.29) is 11.2 Å². The van der Waals surface area contributed by atoms with Crippen molar-refractivity contribution in [2.24, 2.45) is 7.05 Å². The second kappa shape index (κ2) is 6.04. The van der Waals surface area contributed by atoms with Crippen LogP contribution in [0.2, 0.25) is 0 Å². The zero-order valence-electron chi connectivity index (χ0n) is 13.3. The van der Waals surface area contributed by atoms with Crippen LogP contribution in [0, 0.1) is 17.0 Å². The van der Waals surface area contributed by atoms with Gasteiger partial charge in [-0.05, 0) is 31.2 Å². The second-order valence-corrected chi connectivity index (χ2v) is 5.37. The van der Waals surface area contributed by atoms with Gasteiger partial charge in [0.15, 0.2) is 0 Å². The highest BCUT2D eigenvalue weighted by Gasteiger charge is 2.16. The summed E-state index contributed by atoms with van der Waals surface area (Å²) in [7, 11) is 1.81. The third kappa shape index (κ3) is 2.67. The van der Waals surface area contributed by atoms with Gasteiger partial charge in [-0.1, -0.05) is 18.2 Å². The number of benzene rings is 2. The molecular formula is C17H16N4O3. The summed E-state index contributed by atoms with van der Waals surface area (Å²) in [6, 6.07) is 15.3. The van der Waals surface area contributed by atoms with Crippen LogP contribution in [0.4, 0.5) is 17.1 Å². The highest BCUT2D eigenvalue weighted by molar-refractivity contribution is 5.63. The average molecular weight is 324 g/mol. The number of hydrogen-bond acceptors (Lipinski definition) is 4. The van der Waals surface area contributed by atoms with Crippen molar-refractivity contribution in [3.05, 3.63) is 80.8 Å². The smallest absolute Gasteiger partial charge is 0.295 e. The maximum absolute atomic E-state index is 12.8. The minimum atomic E-state index is -0.458. The summed E-state index contributed by atoms with van der Waals surface area (Å²) in [4.78, 5) is 23.0. The maximum Gasteiger partial charge on any atom is 0.295 e. The van der Waals surface area contributed by atoms with E-state index < -0.39 is 4.92 Å². The quantitative estimate of drug-likeness (QED) is 0.590. The van der Waals surface area contributed by atoms with Crippen LogP contribution in [-0.2, 0) is 7.05 Å². The topological polar surface area (TPSA) is 82.1 Å². The Bertz CT molecular complexity index is 940. The third-order valence-electron chi connectivity index (χ3n) is 3.90. The van der Waals surface area contributed by atoms with Gasteiger partial charge in [0.05, 0.1) is 16.3 Å². The largest absolute Gasteiger partial charge is 0.349 e. The molecule has 0 aliphatic rings. The van der Waals surface area contributed by atoms with E-state index in [0.717, 1.165) is 11.4 Å². The van der Waals surface area contributed by atoms with Crippen molar-refractivity contribution in [2.45, 2.75) is 6.92 Å². The number of nitrogens with zero attached hydrogens (tertiary/aromatic N) is 3. The molecule has 2 aromatic carbocycles. The van der Waals surface area contributed by atoms with Crippen LogP contribution in [0.3, 0.4) is 0 Å². The molecule has 0 aliphatic heterocycles. The van der Waals surface area contributed by atoms with E-state index in [0.29, 0.717) is 11.4 Å². The van der Waals surface area contributed by atoms with Gasteiger partial charge < -0.3 is 5.32 Å². The van der Waals surface area contributed by atoms with Crippen LogP contribution in [-0.4, -0.2) is 14.3 Å². The van der Waals surface area contributed by atoms with Crippen LogP contribution in [0.1, 0.15) is 5.69 Å². The monoisotopic (exact) mass is 324 g/mol. The van der Waals surface area contributed by atoms with Gasteiger partial charge in [-0.3, -0.25) is 19.6 Å². The molecule has 7 heteroatoms. The van der Waals surface area contributed by atoms with Gasteiger partial charge in [-0.25, -0.2) is 4.68 Å². The number of rotatable bonds is 4. The summed E-state index contributed by atoms with van der Waals surface area (Å²) >= 11 is 0. The van der Waals surface area contributed by atoms with Crippen molar-refractivity contribution in [1.29, 1.82) is 0 Å². The van der Waals surface area contributed by atoms with Crippen LogP contribution in [0.5, 0.6) is 0 Å². The van der Waals surface area contributed by atoms with Crippen molar-refractivity contribution < 1.29 is 4.92 Å². The fourth-order valence-electron chi connectivity index (χ4n) is 2.52. The fraction of sp³-hybridized carbons (Fsp3) is 0.118. The summed E-state index contributed by atoms with van der Waals surface area (Å²) < 4.78 is 3.34. The molecular weight excluding hydrogens is 308 g/mol. The number of nitro groups is 1. The Balaban J connectivity index is 2.00. The molecule has 0 spiro atoms. The molecule has 0 saturated carbocycles. The molecule has 0 aliphatic carbocycles. The van der Waals surface area contributed by atoms with E-state index in [9.17, 15) is 14.9 Å². The molecule has 24 heavy (non-hydrogen) atoms. The molecule has 0 bridgehead atoms. The Kier molecular flexibility index (Phi) is 3.91. The Morgan fingerprint density at radius 1 is 1.04 bits per heavy atom. The number of nitrogens with one attached hydrogen (secondary N) is 1. The van der Waals surface area contributed by atoms with Crippen molar-refractivity contribution in [3.8, 4) is 5.69 Å². The van der Waals surface area contributed by atoms with Crippen molar-refractivity contribution in [3.63, 3.8) is 0 Å². The van der Waals surface area contributed by atoms with Crippen LogP contribution in [0.15, 0.2) is 59.4 Å². The first-order valence-electron chi connectivity index (χ1n) is 7.34. The SMILES string of the molecule is Cc1c(Nc2ccc([N+](=O)[O-])cc2)c(=O)n(-c2ccccc2)n1C. The maximum atomic E-state index is 12.8. The zero-order valence-corrected chi connectivity index (χ0v) is 13.3. The second-order valence-electron chi connectivity index (χ2n) is 5.37. The standard InChI is InChI=1S/C17H16N4O3/c1-12-16(18-13-8-10-15(11-9-13)21(23)24)17(22)20(19(12)2)14-6-4-3-5-7-14/h3-11,18H,1-2H3. The third-order valence-corrected chi connectivity index (χ3v) is 3.90. The highest BCUT2D eigenvalue weighted by Crippen LogP contribution is 2.21. The Morgan fingerprint density at radius 3 is 2.25 bits per heavy atom. The number of hydrogen-bond donors (Lipinski definition) is 1. The summed E-state index contributed by atoms with van der Waals surface area (Å²) in [5.41, 5.74) is 2.42. The zero-order chi connectivity index (χ0) is 17.3. The minimum absolute atomic E-state index is 0.00651. The van der Waals surface area contributed by atoms with Crippen LogP contribution >= 0.6 is 0 Å². The lowest BCUT2D eigenvalue weighted by Crippen LogP contribution is -2.20. The average Bonchev–Trinajstić information content (AvgIpc) is 2.80.